The van der Waals surface area contributed by atoms with Crippen molar-refractivity contribution in [3.63, 3.8) is 0 Å². The predicted octanol–water partition coefficient (Wildman–Crippen LogP) is 1.36. The van der Waals surface area contributed by atoms with Crippen molar-refractivity contribution >= 4 is 12.0 Å². The molecule has 11 heavy (non-hydrogen) atoms. The fourth-order valence-electron chi connectivity index (χ4n) is 0.668. The molecule has 1 rings (SSSR count). The number of nitrogen functional groups attached to an aromatic ring is 1. The van der Waals surface area contributed by atoms with Crippen LogP contribution in [0.5, 0.6) is 0 Å². The molecule has 58 valence electrons. The summed E-state index contributed by atoms with van der Waals surface area (Å²) in [5, 5.41) is 0. The number of carbonyl (C=O) groups excluding carboxylic acids is 1. The minimum atomic E-state index is -0.807. The van der Waals surface area contributed by atoms with Gasteiger partial charge in [0, 0.05) is 6.07 Å². The molecule has 0 saturated carbocycles. The van der Waals surface area contributed by atoms with Crippen LogP contribution in [0.2, 0.25) is 0 Å². The van der Waals surface area contributed by atoms with Crippen LogP contribution in [0.15, 0.2) is 12.1 Å². The van der Waals surface area contributed by atoms with Gasteiger partial charge in [-0.3, -0.25) is 4.79 Å². The second kappa shape index (κ2) is 2.65. The van der Waals surface area contributed by atoms with Gasteiger partial charge in [0.25, 0.3) is 0 Å². The molecule has 0 atom stereocenters. The molecule has 0 heterocycles. The zero-order valence-corrected chi connectivity index (χ0v) is 5.47. The standard InChI is InChI=1S/C7H5F2NO/c8-5-2-7(10)6(9)1-4(5)3-11/h1-3H,10H2. The van der Waals surface area contributed by atoms with Gasteiger partial charge < -0.3 is 5.73 Å². The molecule has 0 spiro atoms. The van der Waals surface area contributed by atoms with Crippen LogP contribution < -0.4 is 5.73 Å². The van der Waals surface area contributed by atoms with Gasteiger partial charge in [-0.05, 0) is 6.07 Å². The summed E-state index contributed by atoms with van der Waals surface area (Å²) in [6, 6.07) is 1.54. The third kappa shape index (κ3) is 1.34. The average molecular weight is 157 g/mol. The molecule has 0 aromatic heterocycles. The molecule has 0 bridgehead atoms. The zero-order valence-electron chi connectivity index (χ0n) is 5.47. The Hall–Kier alpha value is -1.45. The van der Waals surface area contributed by atoms with E-state index in [0.29, 0.717) is 0 Å². The number of hydrogen-bond donors (Lipinski definition) is 1. The van der Waals surface area contributed by atoms with Gasteiger partial charge in [-0.25, -0.2) is 8.78 Å². The monoisotopic (exact) mass is 157 g/mol. The first-order valence-electron chi connectivity index (χ1n) is 2.85. The highest BCUT2D eigenvalue weighted by Gasteiger charge is 2.05. The molecule has 0 aliphatic heterocycles. The van der Waals surface area contributed by atoms with Gasteiger partial charge >= 0.3 is 0 Å². The number of aldehydes is 1. The van der Waals surface area contributed by atoms with Crippen LogP contribution in [-0.2, 0) is 0 Å². The summed E-state index contributed by atoms with van der Waals surface area (Å²) < 4.78 is 25.0. The van der Waals surface area contributed by atoms with Crippen LogP contribution in [0, 0.1) is 11.6 Å². The van der Waals surface area contributed by atoms with Crippen LogP contribution in [0.25, 0.3) is 0 Å². The second-order valence-electron chi connectivity index (χ2n) is 2.01. The topological polar surface area (TPSA) is 43.1 Å². The zero-order chi connectivity index (χ0) is 8.43. The van der Waals surface area contributed by atoms with Crippen LogP contribution in [0.1, 0.15) is 10.4 Å². The quantitative estimate of drug-likeness (QED) is 0.494. The molecular formula is C7H5F2NO. The average Bonchev–Trinajstić information content (AvgIpc) is 1.97. The van der Waals surface area contributed by atoms with Gasteiger partial charge in [-0.2, -0.15) is 0 Å². The summed E-state index contributed by atoms with van der Waals surface area (Å²) in [5.74, 6) is -1.59. The molecule has 2 nitrogen and oxygen atoms in total. The Morgan fingerprint density at radius 3 is 2.45 bits per heavy atom. The van der Waals surface area contributed by atoms with E-state index in [9.17, 15) is 13.6 Å². The van der Waals surface area contributed by atoms with Crippen LogP contribution in [0.3, 0.4) is 0 Å². The van der Waals surface area contributed by atoms with Gasteiger partial charge in [0.15, 0.2) is 6.29 Å². The fourth-order valence-corrected chi connectivity index (χ4v) is 0.668. The third-order valence-electron chi connectivity index (χ3n) is 1.24. The lowest BCUT2D eigenvalue weighted by atomic mass is 10.2. The lowest BCUT2D eigenvalue weighted by Gasteiger charge is -1.97. The predicted molar refractivity (Wildman–Crippen MR) is 36.2 cm³/mol. The molecule has 0 aliphatic rings. The van der Waals surface area contributed by atoms with E-state index in [1.54, 1.807) is 0 Å². The van der Waals surface area contributed by atoms with Gasteiger partial charge in [-0.15, -0.1) is 0 Å². The summed E-state index contributed by atoms with van der Waals surface area (Å²) in [4.78, 5) is 10.0. The molecule has 2 N–H and O–H groups in total. The van der Waals surface area contributed by atoms with Crippen LogP contribution >= 0.6 is 0 Å². The molecule has 4 heteroatoms. The maximum absolute atomic E-state index is 12.6. The summed E-state index contributed by atoms with van der Waals surface area (Å²) in [7, 11) is 0. The molecule has 1 aromatic carbocycles. The largest absolute Gasteiger partial charge is 0.396 e. The number of carbonyl (C=O) groups is 1. The molecule has 1 aromatic rings. The Labute approximate surface area is 61.6 Å². The Bertz CT molecular complexity index is 299. The van der Waals surface area contributed by atoms with E-state index in [1.165, 1.54) is 0 Å². The first-order valence-corrected chi connectivity index (χ1v) is 2.85. The van der Waals surface area contributed by atoms with E-state index in [-0.39, 0.29) is 17.5 Å². The molecule has 0 amide bonds. The number of benzene rings is 1. The van der Waals surface area contributed by atoms with E-state index in [0.717, 1.165) is 12.1 Å². The lowest BCUT2D eigenvalue weighted by Crippen LogP contribution is -1.95. The summed E-state index contributed by atoms with van der Waals surface area (Å²) >= 11 is 0. The smallest absolute Gasteiger partial charge is 0.153 e. The highest BCUT2D eigenvalue weighted by molar-refractivity contribution is 5.76. The number of rotatable bonds is 1. The molecule has 0 saturated heterocycles. The minimum absolute atomic E-state index is 0.234. The highest BCUT2D eigenvalue weighted by atomic mass is 19.1. The first kappa shape index (κ1) is 7.65. The van der Waals surface area contributed by atoms with Crippen molar-refractivity contribution < 1.29 is 13.6 Å². The van der Waals surface area contributed by atoms with Gasteiger partial charge in [-0.1, -0.05) is 0 Å². The molecular weight excluding hydrogens is 152 g/mol. The minimum Gasteiger partial charge on any atom is -0.396 e. The van der Waals surface area contributed by atoms with Crippen molar-refractivity contribution in [3.05, 3.63) is 29.3 Å². The van der Waals surface area contributed by atoms with E-state index in [1.807, 2.05) is 0 Å². The summed E-state index contributed by atoms with van der Waals surface area (Å²) in [6.45, 7) is 0. The Kier molecular flexibility index (Phi) is 1.85. The van der Waals surface area contributed by atoms with Crippen molar-refractivity contribution in [2.75, 3.05) is 5.73 Å². The molecule has 0 fully saturated rings. The van der Waals surface area contributed by atoms with Crippen molar-refractivity contribution in [1.29, 1.82) is 0 Å². The van der Waals surface area contributed by atoms with Crippen LogP contribution in [0.4, 0.5) is 14.5 Å². The maximum Gasteiger partial charge on any atom is 0.153 e. The number of hydrogen-bond acceptors (Lipinski definition) is 2. The van der Waals surface area contributed by atoms with Crippen molar-refractivity contribution in [3.8, 4) is 0 Å². The second-order valence-corrected chi connectivity index (χ2v) is 2.01. The summed E-state index contributed by atoms with van der Waals surface area (Å²) in [6.07, 6.45) is 0.234. The SMILES string of the molecule is Nc1cc(F)c(C=O)cc1F. The van der Waals surface area contributed by atoms with Crippen molar-refractivity contribution in [1.82, 2.24) is 0 Å². The number of halogens is 2. The van der Waals surface area contributed by atoms with E-state index in [2.05, 4.69) is 0 Å². The highest BCUT2D eigenvalue weighted by Crippen LogP contribution is 2.14. The third-order valence-corrected chi connectivity index (χ3v) is 1.24. The fraction of sp³-hybridized carbons (Fsp3) is 0. The van der Waals surface area contributed by atoms with Gasteiger partial charge in [0.05, 0.1) is 11.3 Å². The van der Waals surface area contributed by atoms with E-state index in [4.69, 9.17) is 5.73 Å². The van der Waals surface area contributed by atoms with Crippen LogP contribution in [-0.4, -0.2) is 6.29 Å². The van der Waals surface area contributed by atoms with Gasteiger partial charge in [0.2, 0.25) is 0 Å². The Balaban J connectivity index is 3.31. The molecule has 0 aliphatic carbocycles. The first-order chi connectivity index (χ1) is 5.15. The van der Waals surface area contributed by atoms with Gasteiger partial charge in [0.1, 0.15) is 11.6 Å². The van der Waals surface area contributed by atoms with E-state index < -0.39 is 11.6 Å². The number of anilines is 1. The van der Waals surface area contributed by atoms with E-state index >= 15 is 0 Å². The normalized spacial score (nSPS) is 9.64. The number of nitrogens with two attached hydrogens (primary N) is 1. The lowest BCUT2D eigenvalue weighted by molar-refractivity contribution is 0.111. The maximum atomic E-state index is 12.6. The molecule has 0 unspecified atom stereocenters. The Morgan fingerprint density at radius 1 is 1.27 bits per heavy atom. The Morgan fingerprint density at radius 2 is 1.91 bits per heavy atom. The summed E-state index contributed by atoms with van der Waals surface area (Å²) in [5.41, 5.74) is 4.39. The van der Waals surface area contributed by atoms with Crippen molar-refractivity contribution in [2.45, 2.75) is 0 Å². The molecule has 0 radical (unpaired) electrons. The van der Waals surface area contributed by atoms with Crippen molar-refractivity contribution in [2.24, 2.45) is 0 Å².